The maximum atomic E-state index is 12.7. The minimum atomic E-state index is -1.26. The van der Waals surface area contributed by atoms with Crippen LogP contribution in [0.4, 0.5) is 0 Å². The molecule has 2 heterocycles. The third-order valence-electron chi connectivity index (χ3n) is 5.00. The molecule has 5 heteroatoms. The second-order valence-corrected chi connectivity index (χ2v) is 6.16. The first kappa shape index (κ1) is 14.9. The predicted molar refractivity (Wildman–Crippen MR) is 85.5 cm³/mol. The Morgan fingerprint density at radius 2 is 2.08 bits per heavy atom. The van der Waals surface area contributed by atoms with Crippen molar-refractivity contribution >= 4 is 11.9 Å². The molecule has 0 N–H and O–H groups in total. The molecule has 3 atom stereocenters. The number of nitrogens with zero attached hydrogens (tertiary/aromatic N) is 1. The fraction of sp³-hybridized carbons (Fsp3) is 0.316. The van der Waals surface area contributed by atoms with Crippen LogP contribution in [0.5, 0.6) is 5.75 Å². The lowest BCUT2D eigenvalue weighted by Gasteiger charge is -2.53. The van der Waals surface area contributed by atoms with Crippen LogP contribution in [0.25, 0.3) is 0 Å². The van der Waals surface area contributed by atoms with E-state index in [9.17, 15) is 9.59 Å². The Morgan fingerprint density at radius 3 is 2.83 bits per heavy atom. The van der Waals surface area contributed by atoms with Crippen molar-refractivity contribution in [2.45, 2.75) is 25.2 Å². The number of carbonyl (C=O) groups is 2. The van der Waals surface area contributed by atoms with Gasteiger partial charge in [-0.3, -0.25) is 14.6 Å². The van der Waals surface area contributed by atoms with Crippen LogP contribution in [0.3, 0.4) is 0 Å². The van der Waals surface area contributed by atoms with Gasteiger partial charge in [0.15, 0.2) is 5.41 Å². The van der Waals surface area contributed by atoms with Crippen LogP contribution >= 0.6 is 0 Å². The zero-order valence-corrected chi connectivity index (χ0v) is 13.3. The van der Waals surface area contributed by atoms with Crippen molar-refractivity contribution in [2.75, 3.05) is 6.61 Å². The first-order valence-corrected chi connectivity index (χ1v) is 8.08. The summed E-state index contributed by atoms with van der Waals surface area (Å²) in [5.41, 5.74) is 0.492. The van der Waals surface area contributed by atoms with E-state index < -0.39 is 17.4 Å². The van der Waals surface area contributed by atoms with Gasteiger partial charge in [-0.15, -0.1) is 0 Å². The summed E-state index contributed by atoms with van der Waals surface area (Å²) < 4.78 is 10.7. The number of benzene rings is 1. The molecule has 1 aliphatic carbocycles. The van der Waals surface area contributed by atoms with Gasteiger partial charge < -0.3 is 9.47 Å². The van der Waals surface area contributed by atoms with E-state index in [0.717, 1.165) is 11.3 Å². The van der Waals surface area contributed by atoms with E-state index in [1.807, 2.05) is 36.4 Å². The van der Waals surface area contributed by atoms with Gasteiger partial charge in [0.2, 0.25) is 0 Å². The molecule has 1 aliphatic heterocycles. The summed E-state index contributed by atoms with van der Waals surface area (Å²) in [5, 5.41) is 0. The van der Waals surface area contributed by atoms with E-state index in [1.54, 1.807) is 19.2 Å². The van der Waals surface area contributed by atoms with Crippen molar-refractivity contribution in [1.82, 2.24) is 4.98 Å². The van der Waals surface area contributed by atoms with Crippen LogP contribution in [-0.2, 0) is 14.3 Å². The first-order chi connectivity index (χ1) is 11.7. The molecule has 2 aliphatic rings. The Labute approximate surface area is 139 Å². The molecule has 0 spiro atoms. The Bertz CT molecular complexity index is 804. The molecule has 1 aromatic heterocycles. The van der Waals surface area contributed by atoms with Crippen LogP contribution < -0.4 is 4.74 Å². The van der Waals surface area contributed by atoms with E-state index in [0.29, 0.717) is 12.2 Å². The highest BCUT2D eigenvalue weighted by molar-refractivity contribution is 6.05. The number of fused-ring (bicyclic) bond motifs is 3. The number of esters is 2. The summed E-state index contributed by atoms with van der Waals surface area (Å²) in [7, 11) is 0. The maximum Gasteiger partial charge on any atom is 0.329 e. The van der Waals surface area contributed by atoms with Gasteiger partial charge >= 0.3 is 11.9 Å². The highest BCUT2D eigenvalue weighted by Crippen LogP contribution is 2.65. The average Bonchev–Trinajstić information content (AvgIpc) is 2.56. The van der Waals surface area contributed by atoms with Crippen molar-refractivity contribution in [1.29, 1.82) is 0 Å². The Hall–Kier alpha value is -2.69. The van der Waals surface area contributed by atoms with E-state index in [1.165, 1.54) is 0 Å². The molecule has 0 saturated heterocycles. The number of carbonyl (C=O) groups excluding carboxylic acids is 2. The zero-order chi connectivity index (χ0) is 16.7. The van der Waals surface area contributed by atoms with Crippen LogP contribution in [-0.4, -0.2) is 23.5 Å². The van der Waals surface area contributed by atoms with Crippen molar-refractivity contribution in [3.63, 3.8) is 0 Å². The summed E-state index contributed by atoms with van der Waals surface area (Å²) >= 11 is 0. The monoisotopic (exact) mass is 323 g/mol. The number of rotatable bonds is 3. The fourth-order valence-corrected chi connectivity index (χ4v) is 3.91. The zero-order valence-electron chi connectivity index (χ0n) is 13.3. The van der Waals surface area contributed by atoms with Gasteiger partial charge in [0.25, 0.3) is 0 Å². The summed E-state index contributed by atoms with van der Waals surface area (Å²) in [6, 6.07) is 13.1. The molecule has 2 aromatic rings. The molecule has 122 valence electrons. The van der Waals surface area contributed by atoms with Crippen LogP contribution in [0.2, 0.25) is 0 Å². The molecule has 1 aromatic carbocycles. The number of hydrogen-bond acceptors (Lipinski definition) is 5. The molecule has 0 amide bonds. The standard InChI is InChI=1S/C19H17NO4/c1-2-23-17(21)19-11-13(14-8-5-6-10-20-14)16(19)12-7-3-4-9-15(12)24-18(19)22/h3-10,13,16H,2,11H2,1H3/t13-,16-,19+/m0/s1. The molecule has 5 nitrogen and oxygen atoms in total. The fourth-order valence-electron chi connectivity index (χ4n) is 3.91. The van der Waals surface area contributed by atoms with Gasteiger partial charge in [0.05, 0.1) is 6.61 Å². The Kier molecular flexibility index (Phi) is 3.37. The number of aromatic nitrogens is 1. The summed E-state index contributed by atoms with van der Waals surface area (Å²) in [6.07, 6.45) is 2.09. The summed E-state index contributed by atoms with van der Waals surface area (Å²) in [5.74, 6) is -0.805. The summed E-state index contributed by atoms with van der Waals surface area (Å²) in [4.78, 5) is 29.7. The number of para-hydroxylation sites is 1. The smallest absolute Gasteiger partial charge is 0.329 e. The van der Waals surface area contributed by atoms with E-state index in [2.05, 4.69) is 4.98 Å². The first-order valence-electron chi connectivity index (χ1n) is 8.08. The molecule has 0 bridgehead atoms. The van der Waals surface area contributed by atoms with Crippen molar-refractivity contribution in [3.8, 4) is 5.75 Å². The topological polar surface area (TPSA) is 65.5 Å². The van der Waals surface area contributed by atoms with Gasteiger partial charge in [0.1, 0.15) is 5.75 Å². The number of pyridine rings is 1. The third kappa shape index (κ3) is 1.90. The predicted octanol–water partition coefficient (Wildman–Crippen LogP) is 2.82. The molecular formula is C19H17NO4. The van der Waals surface area contributed by atoms with Gasteiger partial charge in [-0.1, -0.05) is 24.3 Å². The minimum Gasteiger partial charge on any atom is -0.465 e. The van der Waals surface area contributed by atoms with Gasteiger partial charge in [-0.25, -0.2) is 0 Å². The van der Waals surface area contributed by atoms with Gasteiger partial charge in [-0.05, 0) is 31.5 Å². The van der Waals surface area contributed by atoms with Crippen LogP contribution in [0, 0.1) is 5.41 Å². The molecule has 4 rings (SSSR count). The molecule has 0 radical (unpaired) electrons. The van der Waals surface area contributed by atoms with Gasteiger partial charge in [0, 0.05) is 29.3 Å². The maximum absolute atomic E-state index is 12.7. The highest BCUT2D eigenvalue weighted by Gasteiger charge is 2.69. The Morgan fingerprint density at radius 1 is 1.29 bits per heavy atom. The Balaban J connectivity index is 1.83. The SMILES string of the molecule is CCOC(=O)[C@@]12C[C@@H](c3ccccn3)[C@@H]1c1ccccc1OC2=O. The van der Waals surface area contributed by atoms with E-state index >= 15 is 0 Å². The lowest BCUT2D eigenvalue weighted by Crippen LogP contribution is -2.59. The van der Waals surface area contributed by atoms with Crippen molar-refractivity contribution in [2.24, 2.45) is 5.41 Å². The quantitative estimate of drug-likeness (QED) is 0.494. The van der Waals surface area contributed by atoms with Crippen molar-refractivity contribution in [3.05, 3.63) is 59.9 Å². The van der Waals surface area contributed by atoms with E-state index in [4.69, 9.17) is 9.47 Å². The normalized spacial score (nSPS) is 27.3. The van der Waals surface area contributed by atoms with Crippen LogP contribution in [0.15, 0.2) is 48.7 Å². The lowest BCUT2D eigenvalue weighted by molar-refractivity contribution is -0.180. The summed E-state index contributed by atoms with van der Waals surface area (Å²) in [6.45, 7) is 1.97. The number of ether oxygens (including phenoxy) is 2. The highest BCUT2D eigenvalue weighted by atomic mass is 16.6. The van der Waals surface area contributed by atoms with Gasteiger partial charge in [-0.2, -0.15) is 0 Å². The number of hydrogen-bond donors (Lipinski definition) is 0. The molecule has 24 heavy (non-hydrogen) atoms. The molecule has 1 saturated carbocycles. The minimum absolute atomic E-state index is 0.00962. The molecule has 0 unspecified atom stereocenters. The van der Waals surface area contributed by atoms with E-state index in [-0.39, 0.29) is 18.4 Å². The lowest BCUT2D eigenvalue weighted by atomic mass is 9.49. The van der Waals surface area contributed by atoms with Crippen molar-refractivity contribution < 1.29 is 19.1 Å². The molecular weight excluding hydrogens is 306 g/mol. The second kappa shape index (κ2) is 5.44. The van der Waals surface area contributed by atoms with Crippen LogP contribution in [0.1, 0.15) is 36.4 Å². The third-order valence-corrected chi connectivity index (χ3v) is 5.00. The largest absolute Gasteiger partial charge is 0.465 e. The molecule has 1 fully saturated rings. The second-order valence-electron chi connectivity index (χ2n) is 6.16. The average molecular weight is 323 g/mol.